The van der Waals surface area contributed by atoms with E-state index in [-0.39, 0.29) is 0 Å². The van der Waals surface area contributed by atoms with Crippen molar-refractivity contribution in [3.63, 3.8) is 0 Å². The predicted octanol–water partition coefficient (Wildman–Crippen LogP) is 4.77. The lowest BCUT2D eigenvalue weighted by molar-refractivity contribution is 0.467. The maximum atomic E-state index is 3.79. The molecule has 3 heteroatoms. The summed E-state index contributed by atoms with van der Waals surface area (Å²) >= 11 is 3.96. The van der Waals surface area contributed by atoms with E-state index in [1.807, 2.05) is 11.3 Å². The zero-order valence-corrected chi connectivity index (χ0v) is 14.2. The van der Waals surface area contributed by atoms with Gasteiger partial charge in [0.05, 0.1) is 0 Å². The van der Waals surface area contributed by atoms with Gasteiger partial charge < -0.3 is 5.32 Å². The largest absolute Gasteiger partial charge is 0.313 e. The van der Waals surface area contributed by atoms with Crippen LogP contribution in [0.4, 0.5) is 0 Å². The topological polar surface area (TPSA) is 12.0 Å². The molecule has 1 aliphatic heterocycles. The van der Waals surface area contributed by atoms with Gasteiger partial charge in [-0.25, -0.2) is 0 Å². The molecule has 1 aromatic heterocycles. The maximum Gasteiger partial charge on any atom is 0.0289 e. The first-order chi connectivity index (χ1) is 10.4. The number of aryl methyl sites for hydroxylation is 1. The van der Waals surface area contributed by atoms with Gasteiger partial charge in [-0.3, -0.25) is 0 Å². The van der Waals surface area contributed by atoms with Crippen LogP contribution in [0.25, 0.3) is 0 Å². The third-order valence-corrected chi connectivity index (χ3v) is 6.45. The number of benzene rings is 1. The second kappa shape index (κ2) is 7.48. The van der Waals surface area contributed by atoms with Crippen LogP contribution in [0.5, 0.6) is 0 Å². The SMILES string of the molecule is CCCNC(CCc1cccs1)C1Cc2ccccc2S1. The lowest BCUT2D eigenvalue weighted by Crippen LogP contribution is -2.39. The van der Waals surface area contributed by atoms with E-state index in [1.165, 1.54) is 41.0 Å². The summed E-state index contributed by atoms with van der Waals surface area (Å²) in [7, 11) is 0. The molecule has 112 valence electrons. The van der Waals surface area contributed by atoms with Gasteiger partial charge in [-0.15, -0.1) is 23.1 Å². The molecule has 0 amide bonds. The fraction of sp³-hybridized carbons (Fsp3) is 0.444. The lowest BCUT2D eigenvalue weighted by Gasteiger charge is -2.24. The summed E-state index contributed by atoms with van der Waals surface area (Å²) in [6.07, 6.45) is 4.87. The minimum absolute atomic E-state index is 0.615. The van der Waals surface area contributed by atoms with Crippen LogP contribution >= 0.6 is 23.1 Å². The highest BCUT2D eigenvalue weighted by Crippen LogP contribution is 2.39. The molecule has 0 saturated heterocycles. The number of nitrogens with one attached hydrogen (secondary N) is 1. The van der Waals surface area contributed by atoms with Crippen LogP contribution in [0.2, 0.25) is 0 Å². The van der Waals surface area contributed by atoms with E-state index < -0.39 is 0 Å². The summed E-state index contributed by atoms with van der Waals surface area (Å²) in [6.45, 7) is 3.38. The first kappa shape index (κ1) is 15.1. The zero-order valence-electron chi connectivity index (χ0n) is 12.5. The first-order valence-corrected chi connectivity index (χ1v) is 9.63. The van der Waals surface area contributed by atoms with Crippen molar-refractivity contribution in [1.82, 2.24) is 5.32 Å². The summed E-state index contributed by atoms with van der Waals surface area (Å²) < 4.78 is 0. The van der Waals surface area contributed by atoms with Gasteiger partial charge in [-0.2, -0.15) is 0 Å². The molecular weight excluding hydrogens is 294 g/mol. The lowest BCUT2D eigenvalue weighted by atomic mass is 10.0. The highest BCUT2D eigenvalue weighted by atomic mass is 32.2. The molecule has 21 heavy (non-hydrogen) atoms. The van der Waals surface area contributed by atoms with Crippen molar-refractivity contribution in [2.24, 2.45) is 0 Å². The molecule has 1 nitrogen and oxygen atoms in total. The Morgan fingerprint density at radius 2 is 2.14 bits per heavy atom. The van der Waals surface area contributed by atoms with Gasteiger partial charge >= 0.3 is 0 Å². The second-order valence-corrected chi connectivity index (χ2v) is 7.96. The number of rotatable bonds is 7. The minimum Gasteiger partial charge on any atom is -0.313 e. The summed E-state index contributed by atoms with van der Waals surface area (Å²) in [5.74, 6) is 0. The van der Waals surface area contributed by atoms with E-state index in [2.05, 4.69) is 65.8 Å². The summed E-state index contributed by atoms with van der Waals surface area (Å²) in [5, 5.41) is 6.67. The number of hydrogen-bond donors (Lipinski definition) is 1. The Balaban J connectivity index is 1.62. The molecule has 2 atom stereocenters. The number of thioether (sulfide) groups is 1. The molecule has 0 saturated carbocycles. The molecule has 0 radical (unpaired) electrons. The molecule has 1 N–H and O–H groups in total. The van der Waals surface area contributed by atoms with E-state index in [0.717, 1.165) is 6.54 Å². The van der Waals surface area contributed by atoms with Crippen LogP contribution in [0, 0.1) is 0 Å². The predicted molar refractivity (Wildman–Crippen MR) is 94.5 cm³/mol. The second-order valence-electron chi connectivity index (χ2n) is 5.65. The van der Waals surface area contributed by atoms with Gasteiger partial charge in [-0.05, 0) is 55.3 Å². The summed E-state index contributed by atoms with van der Waals surface area (Å²) in [6, 6.07) is 13.9. The molecule has 3 rings (SSSR count). The third kappa shape index (κ3) is 3.91. The zero-order chi connectivity index (χ0) is 14.5. The van der Waals surface area contributed by atoms with Gasteiger partial charge in [-0.1, -0.05) is 31.2 Å². The van der Waals surface area contributed by atoms with Crippen molar-refractivity contribution in [3.8, 4) is 0 Å². The Kier molecular flexibility index (Phi) is 5.39. The minimum atomic E-state index is 0.615. The fourth-order valence-corrected chi connectivity index (χ4v) is 5.11. The van der Waals surface area contributed by atoms with E-state index >= 15 is 0 Å². The van der Waals surface area contributed by atoms with Crippen molar-refractivity contribution < 1.29 is 0 Å². The average Bonchev–Trinajstić information content (AvgIpc) is 3.16. The molecule has 1 aromatic carbocycles. The smallest absolute Gasteiger partial charge is 0.0289 e. The average molecular weight is 318 g/mol. The molecule has 2 aromatic rings. The normalized spacial score (nSPS) is 18.6. The number of hydrogen-bond acceptors (Lipinski definition) is 3. The van der Waals surface area contributed by atoms with E-state index in [1.54, 1.807) is 0 Å². The van der Waals surface area contributed by atoms with Gasteiger partial charge in [0.15, 0.2) is 0 Å². The van der Waals surface area contributed by atoms with Gasteiger partial charge in [0.2, 0.25) is 0 Å². The van der Waals surface area contributed by atoms with Crippen LogP contribution in [0.15, 0.2) is 46.7 Å². The molecule has 0 aliphatic carbocycles. The molecule has 0 spiro atoms. The third-order valence-electron chi connectivity index (χ3n) is 4.06. The van der Waals surface area contributed by atoms with Gasteiger partial charge in [0.25, 0.3) is 0 Å². The van der Waals surface area contributed by atoms with Crippen LogP contribution < -0.4 is 5.32 Å². The number of fused-ring (bicyclic) bond motifs is 1. The Hall–Kier alpha value is -0.770. The van der Waals surface area contributed by atoms with Crippen molar-refractivity contribution in [2.75, 3.05) is 6.54 Å². The van der Waals surface area contributed by atoms with Crippen molar-refractivity contribution in [3.05, 3.63) is 52.2 Å². The maximum absolute atomic E-state index is 3.79. The first-order valence-electron chi connectivity index (χ1n) is 7.87. The fourth-order valence-electron chi connectivity index (χ4n) is 2.94. The Morgan fingerprint density at radius 1 is 1.24 bits per heavy atom. The quantitative estimate of drug-likeness (QED) is 0.790. The van der Waals surface area contributed by atoms with E-state index in [0.29, 0.717) is 11.3 Å². The van der Waals surface area contributed by atoms with Crippen LogP contribution in [-0.2, 0) is 12.8 Å². The highest BCUT2D eigenvalue weighted by Gasteiger charge is 2.28. The Labute approximate surface area is 136 Å². The van der Waals surface area contributed by atoms with Crippen LogP contribution in [0.1, 0.15) is 30.2 Å². The Morgan fingerprint density at radius 3 is 2.90 bits per heavy atom. The van der Waals surface area contributed by atoms with Gasteiger partial charge in [0.1, 0.15) is 0 Å². The standard InChI is InChI=1S/C18H23NS2/c1-2-11-19-16(10-9-15-7-5-12-20-15)18-13-14-6-3-4-8-17(14)21-18/h3-8,12,16,18-19H,2,9-11,13H2,1H3. The monoisotopic (exact) mass is 317 g/mol. The van der Waals surface area contributed by atoms with Crippen LogP contribution in [0.3, 0.4) is 0 Å². The number of thiophene rings is 1. The van der Waals surface area contributed by atoms with Crippen molar-refractivity contribution in [2.45, 2.75) is 48.8 Å². The molecule has 1 aliphatic rings. The summed E-state index contributed by atoms with van der Waals surface area (Å²) in [4.78, 5) is 3.00. The highest BCUT2D eigenvalue weighted by molar-refractivity contribution is 8.00. The van der Waals surface area contributed by atoms with Gasteiger partial charge in [0, 0.05) is 21.1 Å². The van der Waals surface area contributed by atoms with E-state index in [4.69, 9.17) is 0 Å². The molecule has 0 fully saturated rings. The molecule has 2 heterocycles. The van der Waals surface area contributed by atoms with Crippen LogP contribution in [-0.4, -0.2) is 17.8 Å². The Bertz CT molecular complexity index is 525. The molecule has 0 bridgehead atoms. The van der Waals surface area contributed by atoms with Crippen molar-refractivity contribution >= 4 is 23.1 Å². The van der Waals surface area contributed by atoms with Crippen molar-refractivity contribution in [1.29, 1.82) is 0 Å². The molecule has 2 unspecified atom stereocenters. The molecular formula is C18H23NS2. The summed E-state index contributed by atoms with van der Waals surface area (Å²) in [5.41, 5.74) is 1.53. The van der Waals surface area contributed by atoms with E-state index in [9.17, 15) is 0 Å².